The topological polar surface area (TPSA) is 35.5 Å². The second kappa shape index (κ2) is 4.88. The monoisotopic (exact) mass is 272 g/mol. The van der Waals surface area contributed by atoms with Crippen LogP contribution in [-0.4, -0.2) is 25.3 Å². The maximum atomic E-state index is 11.9. The Kier molecular flexibility index (Phi) is 4.02. The van der Waals surface area contributed by atoms with E-state index < -0.39 is 5.79 Å². The van der Waals surface area contributed by atoms with Gasteiger partial charge in [0.15, 0.2) is 0 Å². The lowest BCUT2D eigenvalue weighted by Gasteiger charge is -2.30. The predicted molar refractivity (Wildman–Crippen MR) is 61.7 cm³/mol. The highest BCUT2D eigenvalue weighted by Gasteiger charge is 2.40. The average Bonchev–Trinajstić information content (AvgIpc) is 2.21. The molecule has 0 spiro atoms. The van der Waals surface area contributed by atoms with Gasteiger partial charge in [0, 0.05) is 11.6 Å². The second-order valence-electron chi connectivity index (χ2n) is 3.16. The molecular weight excluding hydrogens is 260 g/mol. The molecule has 0 aromatic rings. The third-order valence-corrected chi connectivity index (χ3v) is 2.53. The highest BCUT2D eigenvalue weighted by atomic mass is 79.9. The van der Waals surface area contributed by atoms with Crippen LogP contribution in [0.25, 0.3) is 0 Å². The van der Waals surface area contributed by atoms with Gasteiger partial charge in [0.1, 0.15) is 0 Å². The van der Waals surface area contributed by atoms with E-state index >= 15 is 0 Å². The smallest absolute Gasteiger partial charge is 0.255 e. The molecule has 0 aliphatic heterocycles. The van der Waals surface area contributed by atoms with Crippen molar-refractivity contribution in [1.82, 2.24) is 0 Å². The number of rotatable bonds is 4. The number of carbonyl (C=O) groups excluding carboxylic acids is 1. The SMILES string of the molecule is C=CCOC1(OC)C=C(Br)C=C(C)C1=O. The molecule has 0 radical (unpaired) electrons. The van der Waals surface area contributed by atoms with Crippen LogP contribution in [0, 0.1) is 0 Å². The van der Waals surface area contributed by atoms with Crippen molar-refractivity contribution >= 4 is 21.7 Å². The van der Waals surface area contributed by atoms with Crippen LogP contribution in [0.3, 0.4) is 0 Å². The Morgan fingerprint density at radius 1 is 1.67 bits per heavy atom. The Morgan fingerprint density at radius 2 is 2.33 bits per heavy atom. The lowest BCUT2D eigenvalue weighted by atomic mass is 9.99. The number of ether oxygens (including phenoxy) is 2. The average molecular weight is 273 g/mol. The van der Waals surface area contributed by atoms with Crippen LogP contribution in [0.2, 0.25) is 0 Å². The Labute approximate surface area is 97.6 Å². The number of methoxy groups -OCH3 is 1. The van der Waals surface area contributed by atoms with Crippen molar-refractivity contribution < 1.29 is 14.3 Å². The molecule has 1 unspecified atom stereocenters. The fourth-order valence-corrected chi connectivity index (χ4v) is 1.98. The van der Waals surface area contributed by atoms with E-state index in [0.29, 0.717) is 5.57 Å². The van der Waals surface area contributed by atoms with E-state index in [9.17, 15) is 4.79 Å². The molecule has 1 aliphatic rings. The first-order chi connectivity index (χ1) is 7.05. The maximum Gasteiger partial charge on any atom is 0.255 e. The van der Waals surface area contributed by atoms with E-state index in [1.54, 1.807) is 25.2 Å². The van der Waals surface area contributed by atoms with E-state index in [-0.39, 0.29) is 12.4 Å². The highest BCUT2D eigenvalue weighted by Crippen LogP contribution is 2.29. The van der Waals surface area contributed by atoms with Crippen molar-refractivity contribution in [1.29, 1.82) is 0 Å². The summed E-state index contributed by atoms with van der Waals surface area (Å²) in [6.07, 6.45) is 4.91. The predicted octanol–water partition coefficient (Wildman–Crippen LogP) is 2.34. The lowest BCUT2D eigenvalue weighted by Crippen LogP contribution is -2.44. The number of ketones is 1. The molecule has 0 aromatic heterocycles. The van der Waals surface area contributed by atoms with Gasteiger partial charge in [-0.05, 0) is 24.6 Å². The maximum absolute atomic E-state index is 11.9. The number of hydrogen-bond donors (Lipinski definition) is 0. The summed E-state index contributed by atoms with van der Waals surface area (Å²) >= 11 is 3.31. The van der Waals surface area contributed by atoms with Gasteiger partial charge in [-0.15, -0.1) is 6.58 Å². The molecule has 1 aliphatic carbocycles. The van der Waals surface area contributed by atoms with Crippen LogP contribution in [0.5, 0.6) is 0 Å². The number of Topliss-reactive ketones (excluding diaryl/α,β-unsaturated/α-hetero) is 1. The normalized spacial score (nSPS) is 25.9. The summed E-state index contributed by atoms with van der Waals surface area (Å²) < 4.78 is 11.3. The van der Waals surface area contributed by atoms with Crippen LogP contribution in [-0.2, 0) is 14.3 Å². The molecule has 4 heteroatoms. The van der Waals surface area contributed by atoms with Crippen LogP contribution in [0.4, 0.5) is 0 Å². The quantitative estimate of drug-likeness (QED) is 0.582. The van der Waals surface area contributed by atoms with Gasteiger partial charge in [0.25, 0.3) is 5.79 Å². The van der Waals surface area contributed by atoms with Crippen LogP contribution in [0.15, 0.2) is 34.9 Å². The first kappa shape index (κ1) is 12.4. The standard InChI is InChI=1S/C11H13BrO3/c1-4-5-15-11(14-3)7-9(12)6-8(2)10(11)13/h4,6-7H,1,5H2,2-3H3. The number of carbonyl (C=O) groups is 1. The van der Waals surface area contributed by atoms with Gasteiger partial charge in [0.05, 0.1) is 6.61 Å². The number of hydrogen-bond acceptors (Lipinski definition) is 3. The molecule has 1 atom stereocenters. The third-order valence-electron chi connectivity index (χ3n) is 2.08. The summed E-state index contributed by atoms with van der Waals surface area (Å²) in [4.78, 5) is 11.9. The van der Waals surface area contributed by atoms with Gasteiger partial charge < -0.3 is 9.47 Å². The zero-order chi connectivity index (χ0) is 11.5. The molecule has 0 N–H and O–H groups in total. The fraction of sp³-hybridized carbons (Fsp3) is 0.364. The zero-order valence-electron chi connectivity index (χ0n) is 8.75. The summed E-state index contributed by atoms with van der Waals surface area (Å²) in [6.45, 7) is 5.51. The summed E-state index contributed by atoms with van der Waals surface area (Å²) in [5, 5.41) is 0. The minimum absolute atomic E-state index is 0.185. The first-order valence-electron chi connectivity index (χ1n) is 4.47. The number of allylic oxidation sites excluding steroid dienone is 2. The largest absolute Gasteiger partial charge is 0.343 e. The van der Waals surface area contributed by atoms with E-state index in [1.807, 2.05) is 0 Å². The molecule has 82 valence electrons. The molecule has 0 aromatic carbocycles. The van der Waals surface area contributed by atoms with Crippen molar-refractivity contribution in [2.75, 3.05) is 13.7 Å². The third kappa shape index (κ3) is 2.45. The van der Waals surface area contributed by atoms with Gasteiger partial charge in [-0.3, -0.25) is 4.79 Å². The van der Waals surface area contributed by atoms with Gasteiger partial charge in [-0.1, -0.05) is 22.0 Å². The Hall–Kier alpha value is -0.710. The van der Waals surface area contributed by atoms with Crippen LogP contribution in [0.1, 0.15) is 6.92 Å². The highest BCUT2D eigenvalue weighted by molar-refractivity contribution is 9.11. The molecule has 0 saturated carbocycles. The van der Waals surface area contributed by atoms with E-state index in [1.165, 1.54) is 7.11 Å². The summed E-state index contributed by atoms with van der Waals surface area (Å²) in [6, 6.07) is 0. The molecule has 0 heterocycles. The van der Waals surface area contributed by atoms with Crippen molar-refractivity contribution in [3.05, 3.63) is 34.9 Å². The summed E-state index contributed by atoms with van der Waals surface area (Å²) in [5.41, 5.74) is 0.593. The second-order valence-corrected chi connectivity index (χ2v) is 4.07. The van der Waals surface area contributed by atoms with E-state index in [4.69, 9.17) is 9.47 Å². The molecule has 3 nitrogen and oxygen atoms in total. The Bertz CT molecular complexity index is 344. The summed E-state index contributed by atoms with van der Waals surface area (Å²) in [7, 11) is 1.44. The summed E-state index contributed by atoms with van der Waals surface area (Å²) in [5.74, 6) is -1.50. The number of halogens is 1. The first-order valence-corrected chi connectivity index (χ1v) is 5.26. The zero-order valence-corrected chi connectivity index (χ0v) is 10.3. The van der Waals surface area contributed by atoms with E-state index in [0.717, 1.165) is 4.48 Å². The Morgan fingerprint density at radius 3 is 2.87 bits per heavy atom. The van der Waals surface area contributed by atoms with Gasteiger partial charge in [-0.25, -0.2) is 0 Å². The molecule has 0 saturated heterocycles. The van der Waals surface area contributed by atoms with Gasteiger partial charge in [-0.2, -0.15) is 0 Å². The molecular formula is C11H13BrO3. The van der Waals surface area contributed by atoms with E-state index in [2.05, 4.69) is 22.5 Å². The minimum Gasteiger partial charge on any atom is -0.343 e. The molecule has 0 bridgehead atoms. The fourth-order valence-electron chi connectivity index (χ4n) is 1.34. The van der Waals surface area contributed by atoms with Crippen LogP contribution >= 0.6 is 15.9 Å². The van der Waals surface area contributed by atoms with Crippen molar-refractivity contribution in [3.63, 3.8) is 0 Å². The van der Waals surface area contributed by atoms with Crippen molar-refractivity contribution in [2.45, 2.75) is 12.7 Å². The van der Waals surface area contributed by atoms with Crippen LogP contribution < -0.4 is 0 Å². The molecule has 1 rings (SSSR count). The van der Waals surface area contributed by atoms with Gasteiger partial charge in [0.2, 0.25) is 5.78 Å². The minimum atomic E-state index is -1.31. The molecule has 15 heavy (non-hydrogen) atoms. The molecule has 0 fully saturated rings. The van der Waals surface area contributed by atoms with Crippen molar-refractivity contribution in [3.8, 4) is 0 Å². The molecule has 0 amide bonds. The Balaban J connectivity index is 3.03. The van der Waals surface area contributed by atoms with Gasteiger partial charge >= 0.3 is 0 Å². The van der Waals surface area contributed by atoms with Crippen molar-refractivity contribution in [2.24, 2.45) is 0 Å². The lowest BCUT2D eigenvalue weighted by molar-refractivity contribution is -0.188.